The second-order valence-electron chi connectivity index (χ2n) is 5.32. The summed E-state index contributed by atoms with van der Waals surface area (Å²) in [5.74, 6) is 0.254. The molecule has 110 valence electrons. The van der Waals surface area contributed by atoms with E-state index in [0.717, 1.165) is 31.5 Å². The average molecular weight is 280 g/mol. The molecule has 0 amide bonds. The van der Waals surface area contributed by atoms with Gasteiger partial charge in [0.1, 0.15) is 0 Å². The van der Waals surface area contributed by atoms with E-state index in [0.29, 0.717) is 0 Å². The lowest BCUT2D eigenvalue weighted by Gasteiger charge is -2.42. The predicted molar refractivity (Wildman–Crippen MR) is 76.1 cm³/mol. The van der Waals surface area contributed by atoms with Crippen LogP contribution in [0, 0.1) is 15.5 Å². The molecule has 0 atom stereocenters. The summed E-state index contributed by atoms with van der Waals surface area (Å²) in [6.07, 6.45) is 4.23. The van der Waals surface area contributed by atoms with Crippen LogP contribution in [0.15, 0.2) is 18.2 Å². The molecule has 20 heavy (non-hydrogen) atoms. The van der Waals surface area contributed by atoms with Gasteiger partial charge in [-0.05, 0) is 30.7 Å². The van der Waals surface area contributed by atoms with Crippen LogP contribution < -0.4 is 10.1 Å². The van der Waals surface area contributed by atoms with Gasteiger partial charge in [-0.3, -0.25) is 10.1 Å². The molecular weight excluding hydrogens is 260 g/mol. The topological polar surface area (TPSA) is 84.6 Å². The number of aliphatic hydroxyl groups excluding tert-OH is 1. The summed E-state index contributed by atoms with van der Waals surface area (Å²) < 4.78 is 5.05. The Morgan fingerprint density at radius 1 is 1.50 bits per heavy atom. The number of aliphatic hydroxyl groups is 1. The molecule has 0 unspecified atom stereocenters. The first-order chi connectivity index (χ1) is 9.60. The van der Waals surface area contributed by atoms with Crippen molar-refractivity contribution in [3.8, 4) is 5.75 Å². The number of benzene rings is 1. The van der Waals surface area contributed by atoms with E-state index >= 15 is 0 Å². The highest BCUT2D eigenvalue weighted by molar-refractivity contribution is 5.58. The first-order valence-corrected chi connectivity index (χ1v) is 6.77. The maximum absolute atomic E-state index is 10.8. The summed E-state index contributed by atoms with van der Waals surface area (Å²) in [6.45, 7) is 0.972. The van der Waals surface area contributed by atoms with Crippen LogP contribution in [0.2, 0.25) is 0 Å². The van der Waals surface area contributed by atoms with Crippen molar-refractivity contribution in [1.29, 1.82) is 0 Å². The number of nitro benzene ring substituents is 1. The monoisotopic (exact) mass is 280 g/mol. The van der Waals surface area contributed by atoms with Crippen molar-refractivity contribution in [2.75, 3.05) is 25.6 Å². The van der Waals surface area contributed by atoms with E-state index in [2.05, 4.69) is 5.32 Å². The molecule has 1 aliphatic carbocycles. The van der Waals surface area contributed by atoms with Gasteiger partial charge in [-0.1, -0.05) is 6.42 Å². The third-order valence-electron chi connectivity index (χ3n) is 4.10. The van der Waals surface area contributed by atoms with Gasteiger partial charge in [0.15, 0.2) is 5.75 Å². The summed E-state index contributed by atoms with van der Waals surface area (Å²) in [5, 5.41) is 23.2. The Labute approximate surface area is 117 Å². The van der Waals surface area contributed by atoms with E-state index in [1.165, 1.54) is 19.6 Å². The van der Waals surface area contributed by atoms with Crippen LogP contribution in [0.25, 0.3) is 0 Å². The fourth-order valence-electron chi connectivity index (χ4n) is 2.66. The molecule has 2 rings (SSSR count). The zero-order chi connectivity index (χ0) is 14.6. The molecule has 1 fully saturated rings. The van der Waals surface area contributed by atoms with Gasteiger partial charge in [0.2, 0.25) is 0 Å². The molecule has 0 spiro atoms. The summed E-state index contributed by atoms with van der Waals surface area (Å²) in [7, 11) is 1.42. The van der Waals surface area contributed by atoms with Crippen LogP contribution in [-0.2, 0) is 0 Å². The number of nitrogens with one attached hydrogen (secondary N) is 1. The number of methoxy groups -OCH3 is 1. The third-order valence-corrected chi connectivity index (χ3v) is 4.10. The minimum atomic E-state index is -0.457. The molecule has 0 aromatic heterocycles. The van der Waals surface area contributed by atoms with Gasteiger partial charge in [0.25, 0.3) is 0 Å². The van der Waals surface area contributed by atoms with Gasteiger partial charge in [-0.15, -0.1) is 0 Å². The molecule has 6 heteroatoms. The molecule has 0 saturated heterocycles. The van der Waals surface area contributed by atoms with Crippen molar-refractivity contribution in [3.05, 3.63) is 28.3 Å². The molecule has 0 radical (unpaired) electrons. The minimum absolute atomic E-state index is 0.0354. The molecule has 1 aromatic rings. The van der Waals surface area contributed by atoms with Crippen LogP contribution >= 0.6 is 0 Å². The van der Waals surface area contributed by atoms with Crippen molar-refractivity contribution >= 4 is 11.4 Å². The Kier molecular flexibility index (Phi) is 4.44. The van der Waals surface area contributed by atoms with Crippen molar-refractivity contribution in [3.63, 3.8) is 0 Å². The first-order valence-electron chi connectivity index (χ1n) is 6.77. The molecular formula is C14H20N2O4. The lowest BCUT2D eigenvalue weighted by Crippen LogP contribution is -2.37. The fourth-order valence-corrected chi connectivity index (χ4v) is 2.66. The second kappa shape index (κ2) is 6.09. The summed E-state index contributed by atoms with van der Waals surface area (Å²) >= 11 is 0. The Balaban J connectivity index is 2.04. The van der Waals surface area contributed by atoms with E-state index in [4.69, 9.17) is 9.84 Å². The molecule has 1 saturated carbocycles. The Hall–Kier alpha value is -1.82. The third kappa shape index (κ3) is 3.01. The number of ether oxygens (including phenoxy) is 1. The number of nitrogens with zero attached hydrogens (tertiary/aromatic N) is 1. The van der Waals surface area contributed by atoms with Crippen molar-refractivity contribution in [1.82, 2.24) is 0 Å². The van der Waals surface area contributed by atoms with Crippen LogP contribution in [-0.4, -0.2) is 30.3 Å². The highest BCUT2D eigenvalue weighted by Gasteiger charge is 2.36. The normalized spacial score (nSPS) is 16.3. The number of hydrogen-bond donors (Lipinski definition) is 2. The average Bonchev–Trinajstić information content (AvgIpc) is 2.41. The Bertz CT molecular complexity index is 486. The molecule has 0 aliphatic heterocycles. The van der Waals surface area contributed by atoms with Crippen molar-refractivity contribution in [2.24, 2.45) is 5.41 Å². The number of anilines is 1. The lowest BCUT2D eigenvalue weighted by atomic mass is 9.67. The first kappa shape index (κ1) is 14.6. The number of rotatable bonds is 7. The van der Waals surface area contributed by atoms with Gasteiger partial charge in [0.05, 0.1) is 12.0 Å². The minimum Gasteiger partial charge on any atom is -0.490 e. The highest BCUT2D eigenvalue weighted by atomic mass is 16.6. The molecule has 0 heterocycles. The Morgan fingerprint density at radius 3 is 2.75 bits per heavy atom. The van der Waals surface area contributed by atoms with E-state index < -0.39 is 4.92 Å². The van der Waals surface area contributed by atoms with Crippen molar-refractivity contribution in [2.45, 2.75) is 25.7 Å². The van der Waals surface area contributed by atoms with Gasteiger partial charge >= 0.3 is 5.69 Å². The fraction of sp³-hybridized carbons (Fsp3) is 0.571. The molecule has 6 nitrogen and oxygen atoms in total. The van der Waals surface area contributed by atoms with Gasteiger partial charge < -0.3 is 15.2 Å². The molecule has 1 aromatic carbocycles. The molecule has 0 bridgehead atoms. The predicted octanol–water partition coefficient (Wildman–Crippen LogP) is 2.57. The highest BCUT2D eigenvalue weighted by Crippen LogP contribution is 2.44. The van der Waals surface area contributed by atoms with Crippen LogP contribution in [0.1, 0.15) is 25.7 Å². The maximum Gasteiger partial charge on any atom is 0.311 e. The van der Waals surface area contributed by atoms with Crippen molar-refractivity contribution < 1.29 is 14.8 Å². The van der Waals surface area contributed by atoms with Gasteiger partial charge in [-0.2, -0.15) is 0 Å². The Morgan fingerprint density at radius 2 is 2.25 bits per heavy atom. The van der Waals surface area contributed by atoms with E-state index in [1.807, 2.05) is 0 Å². The standard InChI is InChI=1S/C14H20N2O4/c1-20-13-9-11(3-4-12(13)16(18)19)15-10-14(7-8-17)5-2-6-14/h3-4,9,15,17H,2,5-8,10H2,1H3. The number of hydrogen-bond acceptors (Lipinski definition) is 5. The molecule has 2 N–H and O–H groups in total. The number of nitro groups is 1. The largest absolute Gasteiger partial charge is 0.490 e. The lowest BCUT2D eigenvalue weighted by molar-refractivity contribution is -0.385. The maximum atomic E-state index is 10.8. The summed E-state index contributed by atoms with van der Waals surface area (Å²) in [5.41, 5.74) is 0.937. The summed E-state index contributed by atoms with van der Waals surface area (Å²) in [6, 6.07) is 4.77. The van der Waals surface area contributed by atoms with Crippen LogP contribution in [0.5, 0.6) is 5.75 Å². The summed E-state index contributed by atoms with van der Waals surface area (Å²) in [4.78, 5) is 10.4. The second-order valence-corrected chi connectivity index (χ2v) is 5.32. The smallest absolute Gasteiger partial charge is 0.311 e. The SMILES string of the molecule is COc1cc(NCC2(CCO)CCC2)ccc1[N+](=O)[O-]. The quantitative estimate of drug-likeness (QED) is 0.592. The van der Waals surface area contributed by atoms with Gasteiger partial charge in [0, 0.05) is 31.0 Å². The van der Waals surface area contributed by atoms with E-state index in [1.54, 1.807) is 12.1 Å². The van der Waals surface area contributed by atoms with Crippen LogP contribution in [0.4, 0.5) is 11.4 Å². The van der Waals surface area contributed by atoms with E-state index in [9.17, 15) is 10.1 Å². The van der Waals surface area contributed by atoms with E-state index in [-0.39, 0.29) is 23.5 Å². The zero-order valence-electron chi connectivity index (χ0n) is 11.6. The zero-order valence-corrected chi connectivity index (χ0v) is 11.6. The molecule has 1 aliphatic rings. The van der Waals surface area contributed by atoms with Gasteiger partial charge in [-0.25, -0.2) is 0 Å². The van der Waals surface area contributed by atoms with Crippen LogP contribution in [0.3, 0.4) is 0 Å².